The van der Waals surface area contributed by atoms with Gasteiger partial charge in [0.05, 0.1) is 18.8 Å². The molecule has 1 aliphatic rings. The highest BCUT2D eigenvalue weighted by Crippen LogP contribution is 2.36. The molecule has 0 saturated carbocycles. The summed E-state index contributed by atoms with van der Waals surface area (Å²) in [5.74, 6) is -1.11. The third-order valence-corrected chi connectivity index (χ3v) is 5.11. The number of nitrogens with zero attached hydrogens (tertiary/aromatic N) is 4. The van der Waals surface area contributed by atoms with Crippen LogP contribution in [0.3, 0.4) is 0 Å². The number of hydrogen-bond donors (Lipinski definition) is 3. The second kappa shape index (κ2) is 8.92. The number of aliphatic hydroxyl groups excluding tert-OH is 2. The molecule has 0 aliphatic carbocycles. The molecule has 1 aromatic carbocycles. The minimum Gasteiger partial charge on any atom is -0.394 e. The van der Waals surface area contributed by atoms with E-state index in [-0.39, 0.29) is 29.4 Å². The van der Waals surface area contributed by atoms with Gasteiger partial charge in [-0.25, -0.2) is 23.8 Å². The lowest BCUT2D eigenvalue weighted by molar-refractivity contribution is -0.0294. The molecule has 11 heteroatoms. The van der Waals surface area contributed by atoms with E-state index in [0.29, 0.717) is 18.8 Å². The molecule has 2 atom stereocenters. The molecule has 0 radical (unpaired) electrons. The van der Waals surface area contributed by atoms with Crippen LogP contribution < -0.4 is 10.4 Å². The number of amides is 1. The van der Waals surface area contributed by atoms with Gasteiger partial charge in [0.25, 0.3) is 5.91 Å². The van der Waals surface area contributed by atoms with Gasteiger partial charge in [-0.15, -0.1) is 0 Å². The normalized spacial score (nSPS) is 17.3. The molecule has 1 unspecified atom stereocenters. The number of benzene rings is 1. The van der Waals surface area contributed by atoms with Crippen LogP contribution in [0.15, 0.2) is 36.7 Å². The number of carbonyl (C=O) groups excluding carboxylic acids is 1. The molecule has 1 fully saturated rings. The molecule has 1 saturated heterocycles. The van der Waals surface area contributed by atoms with Crippen molar-refractivity contribution in [3.8, 4) is 0 Å². The Morgan fingerprint density at radius 2 is 2.19 bits per heavy atom. The fourth-order valence-electron chi connectivity index (χ4n) is 3.62. The second-order valence-electron chi connectivity index (χ2n) is 7.21. The van der Waals surface area contributed by atoms with Gasteiger partial charge in [0.2, 0.25) is 0 Å². The van der Waals surface area contributed by atoms with Crippen molar-refractivity contribution in [1.29, 1.82) is 0 Å². The molecule has 31 heavy (non-hydrogen) atoms. The summed E-state index contributed by atoms with van der Waals surface area (Å²) in [7, 11) is 0. The predicted molar refractivity (Wildman–Crippen MR) is 105 cm³/mol. The quantitative estimate of drug-likeness (QED) is 0.483. The lowest BCUT2D eigenvalue weighted by Gasteiger charge is -2.26. The molecule has 1 aliphatic heterocycles. The summed E-state index contributed by atoms with van der Waals surface area (Å²) in [6.45, 7) is -0.184. The maximum atomic E-state index is 14.4. The number of nitrogens with one attached hydrogen (secondary N) is 1. The number of halogens is 2. The zero-order valence-electron chi connectivity index (χ0n) is 16.4. The van der Waals surface area contributed by atoms with Crippen molar-refractivity contribution < 1.29 is 28.6 Å². The standard InChI is InChI=1S/C20H21F2N5O4/c21-12-3-4-16(22)14(8-12)17-2-1-6-26(17)18-5-7-27-19(24-18)15(9-23-27)20(30)25-31-11-13(29)10-28/h3-5,7-9,13,17,28-29H,1-2,6,10-11H2,(H,25,30)/t13?,17-/m1/s1. The Kier molecular flexibility index (Phi) is 6.07. The van der Waals surface area contributed by atoms with E-state index in [1.807, 2.05) is 4.90 Å². The van der Waals surface area contributed by atoms with Crippen LogP contribution >= 0.6 is 0 Å². The summed E-state index contributed by atoms with van der Waals surface area (Å²) in [4.78, 5) is 23.7. The Balaban J connectivity index is 1.59. The molecular weight excluding hydrogens is 412 g/mol. The fourth-order valence-corrected chi connectivity index (χ4v) is 3.62. The van der Waals surface area contributed by atoms with Gasteiger partial charge in [-0.1, -0.05) is 0 Å². The molecule has 3 aromatic rings. The molecule has 0 spiro atoms. The maximum absolute atomic E-state index is 14.4. The first-order valence-corrected chi connectivity index (χ1v) is 9.75. The Bertz CT molecular complexity index is 1090. The van der Waals surface area contributed by atoms with Crippen LogP contribution in [0.4, 0.5) is 14.6 Å². The Morgan fingerprint density at radius 3 is 3.00 bits per heavy atom. The smallest absolute Gasteiger partial charge is 0.280 e. The number of hydroxylamine groups is 1. The van der Waals surface area contributed by atoms with E-state index in [0.717, 1.165) is 18.6 Å². The SMILES string of the molecule is O=C(NOCC(O)CO)c1cnn2ccc(N3CCC[C@@H]3c3cc(F)ccc3F)nc12. The minimum atomic E-state index is -1.12. The van der Waals surface area contributed by atoms with E-state index in [9.17, 15) is 18.7 Å². The van der Waals surface area contributed by atoms with Crippen LogP contribution in [-0.2, 0) is 4.84 Å². The van der Waals surface area contributed by atoms with Crippen LogP contribution in [-0.4, -0.2) is 56.6 Å². The summed E-state index contributed by atoms with van der Waals surface area (Å²) in [5, 5.41) is 22.1. The van der Waals surface area contributed by atoms with Gasteiger partial charge in [-0.05, 0) is 37.1 Å². The van der Waals surface area contributed by atoms with Gasteiger partial charge in [0.1, 0.15) is 35.7 Å². The average Bonchev–Trinajstić information content (AvgIpc) is 3.41. The van der Waals surface area contributed by atoms with Gasteiger partial charge in [-0.2, -0.15) is 5.10 Å². The Morgan fingerprint density at radius 1 is 1.35 bits per heavy atom. The summed E-state index contributed by atoms with van der Waals surface area (Å²) >= 11 is 0. The number of fused-ring (bicyclic) bond motifs is 1. The number of carbonyl (C=O) groups is 1. The third kappa shape index (κ3) is 4.33. The average molecular weight is 433 g/mol. The minimum absolute atomic E-state index is 0.132. The lowest BCUT2D eigenvalue weighted by atomic mass is 10.0. The van der Waals surface area contributed by atoms with E-state index in [1.54, 1.807) is 12.3 Å². The second-order valence-corrected chi connectivity index (χ2v) is 7.21. The molecule has 1 amide bonds. The number of hydrogen-bond acceptors (Lipinski definition) is 7. The van der Waals surface area contributed by atoms with Crippen molar-refractivity contribution in [1.82, 2.24) is 20.1 Å². The highest BCUT2D eigenvalue weighted by atomic mass is 19.1. The molecular formula is C20H21F2N5O4. The van der Waals surface area contributed by atoms with E-state index < -0.39 is 30.3 Å². The first-order chi connectivity index (χ1) is 15.0. The van der Waals surface area contributed by atoms with Gasteiger partial charge >= 0.3 is 0 Å². The number of rotatable bonds is 7. The molecule has 3 heterocycles. The molecule has 4 rings (SSSR count). The van der Waals surface area contributed by atoms with Gasteiger partial charge in [0.15, 0.2) is 5.65 Å². The van der Waals surface area contributed by atoms with E-state index in [1.165, 1.54) is 16.8 Å². The largest absolute Gasteiger partial charge is 0.394 e. The van der Waals surface area contributed by atoms with Crippen molar-refractivity contribution in [2.75, 3.05) is 24.7 Å². The summed E-state index contributed by atoms with van der Waals surface area (Å²) in [6, 6.07) is 4.72. The Hall–Kier alpha value is -3.15. The van der Waals surface area contributed by atoms with E-state index in [2.05, 4.69) is 15.6 Å². The van der Waals surface area contributed by atoms with Gasteiger partial charge in [0, 0.05) is 18.3 Å². The number of aromatic nitrogens is 3. The summed E-state index contributed by atoms with van der Waals surface area (Å²) < 4.78 is 29.5. The van der Waals surface area contributed by atoms with Gasteiger partial charge < -0.3 is 15.1 Å². The van der Waals surface area contributed by atoms with Crippen molar-refractivity contribution in [3.05, 3.63) is 59.4 Å². The highest BCUT2D eigenvalue weighted by Gasteiger charge is 2.30. The predicted octanol–water partition coefficient (Wildman–Crippen LogP) is 1.36. The van der Waals surface area contributed by atoms with Crippen molar-refractivity contribution in [2.24, 2.45) is 0 Å². The van der Waals surface area contributed by atoms with Crippen molar-refractivity contribution >= 4 is 17.4 Å². The van der Waals surface area contributed by atoms with Crippen LogP contribution in [0.1, 0.15) is 34.8 Å². The van der Waals surface area contributed by atoms with Gasteiger partial charge in [-0.3, -0.25) is 9.63 Å². The van der Waals surface area contributed by atoms with Crippen molar-refractivity contribution in [3.63, 3.8) is 0 Å². The van der Waals surface area contributed by atoms with E-state index >= 15 is 0 Å². The molecule has 3 N–H and O–H groups in total. The van der Waals surface area contributed by atoms with Crippen molar-refractivity contribution in [2.45, 2.75) is 25.0 Å². The van der Waals surface area contributed by atoms with Crippen LogP contribution in [0.25, 0.3) is 5.65 Å². The van der Waals surface area contributed by atoms with Crippen LogP contribution in [0.2, 0.25) is 0 Å². The molecule has 0 bridgehead atoms. The molecule has 9 nitrogen and oxygen atoms in total. The zero-order valence-corrected chi connectivity index (χ0v) is 16.4. The molecule has 2 aromatic heterocycles. The first-order valence-electron chi connectivity index (χ1n) is 9.75. The molecule has 164 valence electrons. The lowest BCUT2D eigenvalue weighted by Crippen LogP contribution is -2.30. The highest BCUT2D eigenvalue weighted by molar-refractivity contribution is 5.99. The maximum Gasteiger partial charge on any atom is 0.280 e. The summed E-state index contributed by atoms with van der Waals surface area (Å²) in [6.07, 6.45) is 3.25. The fraction of sp³-hybridized carbons (Fsp3) is 0.350. The number of aliphatic hydroxyl groups is 2. The van der Waals surface area contributed by atoms with Crippen LogP contribution in [0.5, 0.6) is 0 Å². The van der Waals surface area contributed by atoms with E-state index in [4.69, 9.17) is 9.94 Å². The Labute approximate surface area is 175 Å². The number of anilines is 1. The first kappa shape index (κ1) is 21.1. The summed E-state index contributed by atoms with van der Waals surface area (Å²) in [5.41, 5.74) is 2.83. The van der Waals surface area contributed by atoms with Crippen LogP contribution in [0, 0.1) is 11.6 Å². The third-order valence-electron chi connectivity index (χ3n) is 5.11. The monoisotopic (exact) mass is 433 g/mol. The topological polar surface area (TPSA) is 112 Å². The zero-order chi connectivity index (χ0) is 22.0.